The number of carboxylic acid groups (broad SMARTS) is 1. The quantitative estimate of drug-likeness (QED) is 0.617. The van der Waals surface area contributed by atoms with E-state index < -0.39 is 5.97 Å². The number of methoxy groups -OCH3 is 1. The summed E-state index contributed by atoms with van der Waals surface area (Å²) in [4.78, 5) is 24.4. The van der Waals surface area contributed by atoms with Crippen LogP contribution in [0.4, 0.5) is 0 Å². The molecule has 7 nitrogen and oxygen atoms in total. The van der Waals surface area contributed by atoms with E-state index in [1.54, 1.807) is 19.4 Å². The average Bonchev–Trinajstić information content (AvgIpc) is 3.45. The van der Waals surface area contributed by atoms with Gasteiger partial charge in [0.15, 0.2) is 0 Å². The second kappa shape index (κ2) is 6.42. The molecule has 0 atom stereocenters. The molecule has 0 amide bonds. The second-order valence-corrected chi connectivity index (χ2v) is 7.83. The maximum absolute atomic E-state index is 12.1. The molecule has 0 aromatic carbocycles. The second-order valence-electron chi connectivity index (χ2n) is 7.83. The maximum atomic E-state index is 12.1. The highest BCUT2D eigenvalue weighted by Gasteiger charge is 2.48. The summed E-state index contributed by atoms with van der Waals surface area (Å²) in [5.41, 5.74) is 12.6. The first-order chi connectivity index (χ1) is 14.1. The number of aromatic amines is 1. The van der Waals surface area contributed by atoms with Gasteiger partial charge in [0, 0.05) is 47.2 Å². The Morgan fingerprint density at radius 1 is 1.28 bits per heavy atom. The molecule has 148 valence electrons. The number of H-pyrrole nitrogens is 1. The van der Waals surface area contributed by atoms with E-state index in [0.717, 1.165) is 58.6 Å². The van der Waals surface area contributed by atoms with Gasteiger partial charge in [-0.15, -0.1) is 0 Å². The van der Waals surface area contributed by atoms with Gasteiger partial charge in [0.05, 0.1) is 24.1 Å². The van der Waals surface area contributed by atoms with E-state index in [1.165, 1.54) is 0 Å². The Hall–Kier alpha value is -3.19. The van der Waals surface area contributed by atoms with Crippen molar-refractivity contribution in [2.45, 2.75) is 31.1 Å². The molecule has 3 heterocycles. The first-order valence-electron chi connectivity index (χ1n) is 9.75. The highest BCUT2D eigenvalue weighted by atomic mass is 16.5. The molecule has 4 N–H and O–H groups in total. The molecular formula is C22H22N4O3. The Morgan fingerprint density at radius 3 is 2.72 bits per heavy atom. The fourth-order valence-electron chi connectivity index (χ4n) is 4.35. The maximum Gasteiger partial charge on any atom is 0.337 e. The molecule has 1 fully saturated rings. The Kier molecular flexibility index (Phi) is 3.96. The van der Waals surface area contributed by atoms with Gasteiger partial charge in [0.1, 0.15) is 0 Å². The molecule has 0 radical (unpaired) electrons. The van der Waals surface area contributed by atoms with E-state index in [0.29, 0.717) is 24.4 Å². The fraction of sp³-hybridized carbons (Fsp3) is 0.318. The number of hydrogen-bond acceptors (Lipinski definition) is 5. The SMILES string of the molecule is COc1ccc(-c2cc3c(cn2)CCc2c-3[nH]c(C3(CN)CC3)c2C(=O)O)cn1. The normalized spacial score (nSPS) is 16.1. The Bertz CT molecular complexity index is 1110. The van der Waals surface area contributed by atoms with Gasteiger partial charge in [-0.05, 0) is 48.9 Å². The first-order valence-corrected chi connectivity index (χ1v) is 9.75. The molecular weight excluding hydrogens is 368 g/mol. The Morgan fingerprint density at radius 2 is 2.10 bits per heavy atom. The van der Waals surface area contributed by atoms with E-state index in [-0.39, 0.29) is 5.41 Å². The zero-order valence-corrected chi connectivity index (χ0v) is 16.2. The number of nitrogens with two attached hydrogens (primary N) is 1. The standard InChI is InChI=1S/C22H22N4O3/c1-29-17-5-3-13(10-25-17)16-8-15-12(9-24-16)2-4-14-18(21(27)28)20(26-19(14)15)22(11-23)6-7-22/h3,5,8-10,26H,2,4,6-7,11,23H2,1H3,(H,27,28). The molecule has 3 aromatic rings. The summed E-state index contributed by atoms with van der Waals surface area (Å²) in [5, 5.41) is 9.93. The number of nitrogens with one attached hydrogen (secondary N) is 1. The molecule has 0 unspecified atom stereocenters. The van der Waals surface area contributed by atoms with Crippen LogP contribution >= 0.6 is 0 Å². The van der Waals surface area contributed by atoms with Crippen molar-refractivity contribution in [1.29, 1.82) is 0 Å². The smallest absolute Gasteiger partial charge is 0.337 e. The van der Waals surface area contributed by atoms with E-state index in [1.807, 2.05) is 18.3 Å². The van der Waals surface area contributed by atoms with Crippen molar-refractivity contribution in [1.82, 2.24) is 15.0 Å². The number of rotatable bonds is 5. The predicted octanol–water partition coefficient (Wildman–Crippen LogP) is 2.93. The van der Waals surface area contributed by atoms with Crippen molar-refractivity contribution in [2.24, 2.45) is 5.73 Å². The van der Waals surface area contributed by atoms with Crippen LogP contribution in [0.3, 0.4) is 0 Å². The Balaban J connectivity index is 1.65. The number of carbonyl (C=O) groups is 1. The molecule has 5 rings (SSSR count). The lowest BCUT2D eigenvalue weighted by Crippen LogP contribution is -2.23. The minimum Gasteiger partial charge on any atom is -0.481 e. The average molecular weight is 390 g/mol. The van der Waals surface area contributed by atoms with Crippen LogP contribution in [0.25, 0.3) is 22.5 Å². The molecule has 1 saturated carbocycles. The molecule has 2 aliphatic carbocycles. The Labute approximate surface area is 168 Å². The third-order valence-corrected chi connectivity index (χ3v) is 6.23. The summed E-state index contributed by atoms with van der Waals surface area (Å²) in [6.45, 7) is 0.457. The van der Waals surface area contributed by atoms with Crippen molar-refractivity contribution >= 4 is 5.97 Å². The van der Waals surface area contributed by atoms with Crippen molar-refractivity contribution in [3.8, 4) is 28.4 Å². The predicted molar refractivity (Wildman–Crippen MR) is 108 cm³/mol. The zero-order chi connectivity index (χ0) is 20.2. The molecule has 0 bridgehead atoms. The van der Waals surface area contributed by atoms with Crippen LogP contribution in [0.2, 0.25) is 0 Å². The number of carboxylic acids is 1. The number of ether oxygens (including phenoxy) is 1. The minimum absolute atomic E-state index is 0.221. The molecule has 3 aromatic heterocycles. The van der Waals surface area contributed by atoms with Gasteiger partial charge in [-0.25, -0.2) is 9.78 Å². The van der Waals surface area contributed by atoms with Crippen molar-refractivity contribution in [2.75, 3.05) is 13.7 Å². The first kappa shape index (κ1) is 17.9. The molecule has 29 heavy (non-hydrogen) atoms. The molecule has 0 aliphatic heterocycles. The van der Waals surface area contributed by atoms with E-state index in [9.17, 15) is 9.90 Å². The third-order valence-electron chi connectivity index (χ3n) is 6.23. The van der Waals surface area contributed by atoms with E-state index in [4.69, 9.17) is 10.5 Å². The van der Waals surface area contributed by atoms with Gasteiger partial charge >= 0.3 is 5.97 Å². The third kappa shape index (κ3) is 2.73. The van der Waals surface area contributed by atoms with Crippen LogP contribution in [-0.4, -0.2) is 39.7 Å². The van der Waals surface area contributed by atoms with Crippen molar-refractivity contribution in [3.05, 3.63) is 53.0 Å². The summed E-state index contributed by atoms with van der Waals surface area (Å²) < 4.78 is 5.13. The van der Waals surface area contributed by atoms with Gasteiger partial charge in [-0.3, -0.25) is 4.98 Å². The van der Waals surface area contributed by atoms with Crippen LogP contribution in [-0.2, 0) is 18.3 Å². The lowest BCUT2D eigenvalue weighted by atomic mass is 9.87. The summed E-state index contributed by atoms with van der Waals surface area (Å²) in [6.07, 6.45) is 6.92. The van der Waals surface area contributed by atoms with Gasteiger partial charge in [-0.1, -0.05) is 0 Å². The number of aryl methyl sites for hydroxylation is 1. The van der Waals surface area contributed by atoms with Gasteiger partial charge in [0.25, 0.3) is 0 Å². The summed E-state index contributed by atoms with van der Waals surface area (Å²) >= 11 is 0. The van der Waals surface area contributed by atoms with E-state index >= 15 is 0 Å². The van der Waals surface area contributed by atoms with Gasteiger partial charge < -0.3 is 20.6 Å². The van der Waals surface area contributed by atoms with Crippen LogP contribution in [0.1, 0.15) is 40.0 Å². The molecule has 0 saturated heterocycles. The molecule has 2 aliphatic rings. The fourth-order valence-corrected chi connectivity index (χ4v) is 4.35. The topological polar surface area (TPSA) is 114 Å². The molecule has 0 spiro atoms. The highest BCUT2D eigenvalue weighted by molar-refractivity contribution is 5.95. The number of hydrogen-bond donors (Lipinski definition) is 3. The zero-order valence-electron chi connectivity index (χ0n) is 16.2. The van der Waals surface area contributed by atoms with Crippen LogP contribution in [0, 0.1) is 0 Å². The monoisotopic (exact) mass is 390 g/mol. The number of aromatic nitrogens is 3. The van der Waals surface area contributed by atoms with Gasteiger partial charge in [-0.2, -0.15) is 0 Å². The van der Waals surface area contributed by atoms with Crippen LogP contribution in [0.15, 0.2) is 30.6 Å². The summed E-state index contributed by atoms with van der Waals surface area (Å²) in [7, 11) is 1.58. The van der Waals surface area contributed by atoms with Crippen molar-refractivity contribution < 1.29 is 14.6 Å². The largest absolute Gasteiger partial charge is 0.481 e. The lowest BCUT2D eigenvalue weighted by molar-refractivity contribution is 0.0694. The van der Waals surface area contributed by atoms with E-state index in [2.05, 4.69) is 15.0 Å². The minimum atomic E-state index is -0.880. The van der Waals surface area contributed by atoms with Crippen LogP contribution in [0.5, 0.6) is 5.88 Å². The number of nitrogens with zero attached hydrogens (tertiary/aromatic N) is 2. The number of pyridine rings is 2. The summed E-state index contributed by atoms with van der Waals surface area (Å²) in [5.74, 6) is -0.333. The molecule has 7 heteroatoms. The lowest BCUT2D eigenvalue weighted by Gasteiger charge is -2.17. The summed E-state index contributed by atoms with van der Waals surface area (Å²) in [6, 6.07) is 5.74. The number of aromatic carboxylic acids is 1. The highest BCUT2D eigenvalue weighted by Crippen LogP contribution is 2.51. The van der Waals surface area contributed by atoms with Gasteiger partial charge in [0.2, 0.25) is 5.88 Å². The number of fused-ring (bicyclic) bond motifs is 3. The van der Waals surface area contributed by atoms with Crippen LogP contribution < -0.4 is 10.5 Å². The van der Waals surface area contributed by atoms with Crippen molar-refractivity contribution in [3.63, 3.8) is 0 Å².